The van der Waals surface area contributed by atoms with E-state index >= 15 is 4.39 Å². The maximum Gasteiger partial charge on any atom is 0.251 e. The van der Waals surface area contributed by atoms with Gasteiger partial charge in [-0.25, -0.2) is 9.37 Å². The van der Waals surface area contributed by atoms with Gasteiger partial charge in [0.25, 0.3) is 5.91 Å². The van der Waals surface area contributed by atoms with Gasteiger partial charge in [0.15, 0.2) is 0 Å². The second-order valence-corrected chi connectivity index (χ2v) is 12.5. The van der Waals surface area contributed by atoms with E-state index in [9.17, 15) is 14.7 Å². The lowest BCUT2D eigenvalue weighted by molar-refractivity contribution is -0.602. The van der Waals surface area contributed by atoms with E-state index in [1.807, 2.05) is 11.5 Å². The van der Waals surface area contributed by atoms with E-state index in [2.05, 4.69) is 5.32 Å². The van der Waals surface area contributed by atoms with Crippen molar-refractivity contribution in [2.75, 3.05) is 20.3 Å². The Morgan fingerprint density at radius 1 is 1.32 bits per heavy atom. The summed E-state index contributed by atoms with van der Waals surface area (Å²) < 4.78 is 26.4. The molecule has 2 atom stereocenters. The number of nitrogens with zero attached hydrogens (tertiary/aromatic N) is 1. The monoisotopic (exact) mass is 622 g/mol. The number of amides is 2. The van der Waals surface area contributed by atoms with Crippen molar-refractivity contribution >= 4 is 29.1 Å². The Kier molecular flexibility index (Phi) is 7.59. The van der Waals surface area contributed by atoms with E-state index in [0.717, 1.165) is 18.9 Å². The average Bonchev–Trinajstić information content (AvgIpc) is 3.93. The molecule has 2 saturated carbocycles. The van der Waals surface area contributed by atoms with Gasteiger partial charge in [-0.2, -0.15) is 0 Å². The molecular formula is C32H34ClFN5O5+. The number of carbonyl (C=O) groups excluding carboxylic acids is 2. The van der Waals surface area contributed by atoms with Crippen LogP contribution in [-0.2, 0) is 25.3 Å². The quantitative estimate of drug-likeness (QED) is 0.273. The first kappa shape index (κ1) is 30.0. The highest BCUT2D eigenvalue weighted by atomic mass is 35.5. The first-order valence-corrected chi connectivity index (χ1v) is 14.9. The molecule has 1 aliphatic heterocycles. The second kappa shape index (κ2) is 11.1. The zero-order valence-electron chi connectivity index (χ0n) is 24.4. The van der Waals surface area contributed by atoms with Crippen LogP contribution in [0.1, 0.15) is 43.9 Å². The Bertz CT molecular complexity index is 1680. The van der Waals surface area contributed by atoms with Crippen molar-refractivity contribution in [3.05, 3.63) is 81.6 Å². The van der Waals surface area contributed by atoms with Crippen molar-refractivity contribution < 1.29 is 33.9 Å². The molecule has 0 bridgehead atoms. The van der Waals surface area contributed by atoms with Crippen LogP contribution in [0.15, 0.2) is 59.5 Å². The van der Waals surface area contributed by atoms with Gasteiger partial charge in [-0.1, -0.05) is 11.6 Å². The molecule has 0 saturated heterocycles. The van der Waals surface area contributed by atoms with E-state index in [1.54, 1.807) is 19.1 Å². The van der Waals surface area contributed by atoms with Crippen molar-refractivity contribution in [3.63, 3.8) is 0 Å². The van der Waals surface area contributed by atoms with E-state index in [0.29, 0.717) is 30.0 Å². The summed E-state index contributed by atoms with van der Waals surface area (Å²) in [5.74, 6) is -1.56. The molecule has 1 aromatic heterocycles. The molecule has 0 spiro atoms. The summed E-state index contributed by atoms with van der Waals surface area (Å²) in [5.41, 5.74) is 4.61. The van der Waals surface area contributed by atoms with Crippen molar-refractivity contribution in [1.82, 2.24) is 10.3 Å². The molecule has 2 heterocycles. The number of halogens is 2. The first-order chi connectivity index (χ1) is 20.9. The Labute approximate surface area is 258 Å². The number of methoxy groups -OCH3 is 1. The number of pyridine rings is 1. The highest BCUT2D eigenvalue weighted by Crippen LogP contribution is 2.50. The number of nitrogens with two attached hydrogens (primary N) is 2. The highest BCUT2D eigenvalue weighted by Gasteiger charge is 2.50. The number of hydrogen-bond acceptors (Lipinski definition) is 7. The lowest BCUT2D eigenvalue weighted by Gasteiger charge is -2.30. The Morgan fingerprint density at radius 3 is 2.70 bits per heavy atom. The summed E-state index contributed by atoms with van der Waals surface area (Å²) in [6, 6.07) is 6.19. The van der Waals surface area contributed by atoms with Gasteiger partial charge >= 0.3 is 0 Å². The first-order valence-electron chi connectivity index (χ1n) is 14.5. The number of allylic oxidation sites excluding steroid dienone is 2. The Morgan fingerprint density at radius 2 is 2.07 bits per heavy atom. The van der Waals surface area contributed by atoms with Crippen LogP contribution in [-0.4, -0.2) is 53.9 Å². The maximum absolute atomic E-state index is 15.2. The standard InChI is InChI=1S/C32H33ClFN5O5/c1-31(30(36)41)15-44-28-22(31)12-25(39-27(28)21-8-5-19(33)11-23(21)34)32(42,18-3-4-18)14-38-29(40)16-9-17(13-37-20-6-7-20)26(35)24(10-16)43-2/h5,8-13,18,20,35,37,42H,3-4,6-7,14-15H2,1-2H3,(H2,36,41)(H,38,40)/p+1/b17-13-,35-26?/t31-,32+/m0/s1. The van der Waals surface area contributed by atoms with Gasteiger partial charge in [-0.05, 0) is 62.1 Å². The number of hydrogen-bond donors (Lipinski definition) is 5. The van der Waals surface area contributed by atoms with Gasteiger partial charge in [-0.3, -0.25) is 15.0 Å². The third kappa shape index (κ3) is 5.40. The van der Waals surface area contributed by atoms with E-state index < -0.39 is 28.6 Å². The summed E-state index contributed by atoms with van der Waals surface area (Å²) in [5, 5.41) is 25.7. The van der Waals surface area contributed by atoms with E-state index in [-0.39, 0.29) is 63.8 Å². The van der Waals surface area contributed by atoms with Crippen LogP contribution in [0.2, 0.25) is 5.02 Å². The van der Waals surface area contributed by atoms with Gasteiger partial charge in [0.05, 0.1) is 31.0 Å². The number of benzene rings is 1. The molecule has 7 N–H and O–H groups in total. The SMILES string of the molecule is COC1=CC(C(=O)NC[C@](O)(c2cc3c(c(-c4ccc(Cl)cc4F)n2)OC[C@]3(C)C(N)=O)C2CC2)=C/C(=C/[NH2+]C2CC2)C1=N. The topological polar surface area (TPSA) is 164 Å². The fraction of sp³-hybridized carbons (Fsp3) is 0.375. The third-order valence-corrected chi connectivity index (χ3v) is 9.04. The van der Waals surface area contributed by atoms with Crippen molar-refractivity contribution in [2.24, 2.45) is 11.7 Å². The molecule has 1 aromatic carbocycles. The number of primary amides is 1. The number of ether oxygens (including phenoxy) is 2. The average molecular weight is 623 g/mol. The lowest BCUT2D eigenvalue weighted by Crippen LogP contribution is -2.80. The minimum Gasteiger partial charge on any atom is -0.494 e. The molecule has 4 aliphatic rings. The van der Waals surface area contributed by atoms with Crippen LogP contribution in [0.3, 0.4) is 0 Å². The summed E-state index contributed by atoms with van der Waals surface area (Å²) in [6.45, 7) is 1.34. The molecule has 230 valence electrons. The van der Waals surface area contributed by atoms with Gasteiger partial charge in [-0.15, -0.1) is 0 Å². The maximum atomic E-state index is 15.2. The molecule has 0 radical (unpaired) electrons. The summed E-state index contributed by atoms with van der Waals surface area (Å²) in [4.78, 5) is 30.8. The zero-order valence-corrected chi connectivity index (χ0v) is 25.1. The normalized spacial score (nSPS) is 23.3. The fourth-order valence-electron chi connectivity index (χ4n) is 5.58. The molecule has 12 heteroatoms. The highest BCUT2D eigenvalue weighted by molar-refractivity contribution is 6.30. The number of quaternary nitrogens is 1. The molecule has 2 fully saturated rings. The number of fused-ring (bicyclic) bond motifs is 1. The summed E-state index contributed by atoms with van der Waals surface area (Å²) in [7, 11) is 1.44. The zero-order chi connectivity index (χ0) is 31.4. The van der Waals surface area contributed by atoms with Crippen LogP contribution in [0.4, 0.5) is 4.39 Å². The van der Waals surface area contributed by atoms with Gasteiger partial charge in [0.2, 0.25) is 5.91 Å². The van der Waals surface area contributed by atoms with Gasteiger partial charge in [0, 0.05) is 34.6 Å². The largest absolute Gasteiger partial charge is 0.494 e. The number of carbonyl (C=O) groups is 2. The number of aromatic nitrogens is 1. The predicted octanol–water partition coefficient (Wildman–Crippen LogP) is 2.49. The molecule has 2 aromatic rings. The van der Waals surface area contributed by atoms with Crippen LogP contribution in [0.5, 0.6) is 5.75 Å². The van der Waals surface area contributed by atoms with Gasteiger partial charge in [0.1, 0.15) is 52.6 Å². The Balaban J connectivity index is 1.36. The third-order valence-electron chi connectivity index (χ3n) is 8.80. The lowest BCUT2D eigenvalue weighted by atomic mass is 9.81. The van der Waals surface area contributed by atoms with Crippen LogP contribution in [0, 0.1) is 17.1 Å². The molecule has 3 aliphatic carbocycles. The molecule has 2 amide bonds. The summed E-state index contributed by atoms with van der Waals surface area (Å²) in [6.07, 6.45) is 8.52. The molecule has 44 heavy (non-hydrogen) atoms. The summed E-state index contributed by atoms with van der Waals surface area (Å²) >= 11 is 6.00. The van der Waals surface area contributed by atoms with Crippen LogP contribution >= 0.6 is 11.6 Å². The van der Waals surface area contributed by atoms with Crippen LogP contribution in [0.25, 0.3) is 11.3 Å². The smallest absolute Gasteiger partial charge is 0.251 e. The van der Waals surface area contributed by atoms with E-state index in [4.69, 9.17) is 37.2 Å². The van der Waals surface area contributed by atoms with E-state index in [1.165, 1.54) is 25.3 Å². The second-order valence-electron chi connectivity index (χ2n) is 12.1. The predicted molar refractivity (Wildman–Crippen MR) is 160 cm³/mol. The molecule has 6 rings (SSSR count). The van der Waals surface area contributed by atoms with Gasteiger partial charge < -0.3 is 30.9 Å². The molecule has 10 nitrogen and oxygen atoms in total. The number of rotatable bonds is 10. The minimum absolute atomic E-state index is 0.0744. The Hall–Kier alpha value is -4.06. The minimum atomic E-state index is -1.66. The van der Waals surface area contributed by atoms with Crippen molar-refractivity contribution in [3.8, 4) is 17.0 Å². The van der Waals surface area contributed by atoms with Crippen molar-refractivity contribution in [1.29, 1.82) is 5.41 Å². The van der Waals surface area contributed by atoms with Crippen LogP contribution < -0.4 is 21.1 Å². The van der Waals surface area contributed by atoms with Crippen molar-refractivity contribution in [2.45, 2.75) is 49.7 Å². The molecule has 0 unspecified atom stereocenters. The fourth-order valence-corrected chi connectivity index (χ4v) is 5.74. The number of aliphatic hydroxyl groups is 1. The molecular weight excluding hydrogens is 589 g/mol. The number of nitrogens with one attached hydrogen (secondary N) is 2.